The second-order valence-corrected chi connectivity index (χ2v) is 4.37. The third-order valence-corrected chi connectivity index (χ3v) is 3.15. The zero-order valence-corrected chi connectivity index (χ0v) is 8.55. The quantitative estimate of drug-likeness (QED) is 0.412. The van der Waals surface area contributed by atoms with Gasteiger partial charge in [0.15, 0.2) is 0 Å². The van der Waals surface area contributed by atoms with Crippen LogP contribution in [0.4, 0.5) is 17.6 Å². The van der Waals surface area contributed by atoms with E-state index >= 15 is 0 Å². The van der Waals surface area contributed by atoms with Crippen molar-refractivity contribution >= 4 is 22.6 Å². The van der Waals surface area contributed by atoms with Gasteiger partial charge in [-0.25, -0.2) is 8.78 Å². The highest BCUT2D eigenvalue weighted by Crippen LogP contribution is 2.51. The van der Waals surface area contributed by atoms with Crippen LogP contribution >= 0.6 is 22.6 Å². The van der Waals surface area contributed by atoms with Crippen LogP contribution in [0.1, 0.15) is 20.8 Å². The fourth-order valence-electron chi connectivity index (χ4n) is 0.249. The van der Waals surface area contributed by atoms with E-state index in [-0.39, 0.29) is 0 Å². The van der Waals surface area contributed by atoms with Crippen LogP contribution in [0.15, 0.2) is 0 Å². The highest BCUT2D eigenvalue weighted by atomic mass is 127. The van der Waals surface area contributed by atoms with Crippen LogP contribution in [0.5, 0.6) is 0 Å². The molecular weight excluding hydrogens is 275 g/mol. The second kappa shape index (κ2) is 2.74. The van der Waals surface area contributed by atoms with Crippen LogP contribution < -0.4 is 0 Å². The van der Waals surface area contributed by atoms with Gasteiger partial charge in [0.2, 0.25) is 0 Å². The van der Waals surface area contributed by atoms with Crippen LogP contribution in [0, 0.1) is 5.41 Å². The average Bonchev–Trinajstić information content (AvgIpc) is 1.58. The fraction of sp³-hybridized carbons (Fsp3) is 1.00. The van der Waals surface area contributed by atoms with Gasteiger partial charge in [0.1, 0.15) is 5.41 Å². The lowest BCUT2D eigenvalue weighted by Crippen LogP contribution is -2.44. The van der Waals surface area contributed by atoms with Gasteiger partial charge < -0.3 is 0 Å². The molecule has 0 saturated heterocycles. The Morgan fingerprint density at radius 3 is 1.18 bits per heavy atom. The summed E-state index contributed by atoms with van der Waals surface area (Å²) in [5, 5.41) is 0. The van der Waals surface area contributed by atoms with Gasteiger partial charge in [-0.3, -0.25) is 0 Å². The molecule has 0 rings (SSSR count). The van der Waals surface area contributed by atoms with E-state index in [9.17, 15) is 17.6 Å². The Kier molecular flexibility index (Phi) is 2.85. The lowest BCUT2D eigenvalue weighted by molar-refractivity contribution is -0.163. The summed E-state index contributed by atoms with van der Waals surface area (Å²) in [5.74, 6) is -3.38. The van der Waals surface area contributed by atoms with E-state index in [4.69, 9.17) is 0 Å². The molecule has 0 atom stereocenters. The minimum atomic E-state index is -3.40. The smallest absolute Gasteiger partial charge is 0.206 e. The average molecular weight is 284 g/mol. The van der Waals surface area contributed by atoms with E-state index in [1.165, 1.54) is 0 Å². The van der Waals surface area contributed by atoms with Crippen LogP contribution in [0.25, 0.3) is 0 Å². The van der Waals surface area contributed by atoms with Gasteiger partial charge >= 0.3 is 3.93 Å². The predicted molar refractivity (Wildman–Crippen MR) is 43.4 cm³/mol. The molecule has 11 heavy (non-hydrogen) atoms. The Morgan fingerprint density at radius 1 is 0.909 bits per heavy atom. The highest BCUT2D eigenvalue weighted by molar-refractivity contribution is 14.1. The maximum atomic E-state index is 12.5. The standard InChI is InChI=1S/C6H9F4I/c1-4(2,5(3,7)8)6(9,10)11/h1-3H3. The molecular formula is C6H9F4I. The number of alkyl halides is 5. The van der Waals surface area contributed by atoms with E-state index < -0.39 is 15.3 Å². The van der Waals surface area contributed by atoms with Gasteiger partial charge in [-0.1, -0.05) is 0 Å². The molecule has 0 aliphatic heterocycles. The summed E-state index contributed by atoms with van der Waals surface area (Å²) in [6, 6.07) is 0. The molecule has 0 amide bonds. The first kappa shape index (κ1) is 11.4. The number of hydrogen-bond donors (Lipinski definition) is 0. The molecule has 0 nitrogen and oxygen atoms in total. The lowest BCUT2D eigenvalue weighted by Gasteiger charge is -2.34. The molecule has 0 bridgehead atoms. The molecule has 0 spiro atoms. The van der Waals surface area contributed by atoms with Crippen LogP contribution in [0.2, 0.25) is 0 Å². The summed E-state index contributed by atoms with van der Waals surface area (Å²) < 4.78 is 46.6. The molecule has 0 heterocycles. The summed E-state index contributed by atoms with van der Waals surface area (Å²) in [7, 11) is 0. The lowest BCUT2D eigenvalue weighted by atomic mass is 9.87. The van der Waals surface area contributed by atoms with Gasteiger partial charge in [-0.2, -0.15) is 8.78 Å². The molecule has 0 aromatic rings. The summed E-state index contributed by atoms with van der Waals surface area (Å²) in [4.78, 5) is 0. The van der Waals surface area contributed by atoms with Gasteiger partial charge in [0, 0.05) is 6.92 Å². The van der Waals surface area contributed by atoms with E-state index in [0.29, 0.717) is 6.92 Å². The summed E-state index contributed by atoms with van der Waals surface area (Å²) in [6.07, 6.45) is 0. The summed E-state index contributed by atoms with van der Waals surface area (Å²) in [5.41, 5.74) is -2.31. The molecule has 0 aliphatic carbocycles. The maximum Gasteiger partial charge on any atom is 0.307 e. The van der Waals surface area contributed by atoms with Gasteiger partial charge in [-0.05, 0) is 36.4 Å². The van der Waals surface area contributed by atoms with Crippen molar-refractivity contribution in [2.45, 2.75) is 30.6 Å². The molecule has 0 aliphatic rings. The van der Waals surface area contributed by atoms with Crippen molar-refractivity contribution in [3.8, 4) is 0 Å². The van der Waals surface area contributed by atoms with Crippen molar-refractivity contribution in [1.29, 1.82) is 0 Å². The first-order valence-corrected chi connectivity index (χ1v) is 4.02. The largest absolute Gasteiger partial charge is 0.307 e. The van der Waals surface area contributed by atoms with Crippen LogP contribution in [0.3, 0.4) is 0 Å². The van der Waals surface area contributed by atoms with Crippen molar-refractivity contribution in [3.05, 3.63) is 0 Å². The van der Waals surface area contributed by atoms with Crippen molar-refractivity contribution in [1.82, 2.24) is 0 Å². The minimum absolute atomic E-state index is 0.500. The fourth-order valence-corrected chi connectivity index (χ4v) is 0.722. The van der Waals surface area contributed by atoms with E-state index in [1.807, 2.05) is 0 Å². The highest BCUT2D eigenvalue weighted by Gasteiger charge is 2.57. The summed E-state index contributed by atoms with van der Waals surface area (Å²) >= 11 is 0.731. The van der Waals surface area contributed by atoms with Crippen molar-refractivity contribution in [3.63, 3.8) is 0 Å². The molecule has 68 valence electrons. The third-order valence-electron chi connectivity index (χ3n) is 1.81. The van der Waals surface area contributed by atoms with Crippen molar-refractivity contribution < 1.29 is 17.6 Å². The first-order chi connectivity index (χ1) is 4.50. The Bertz CT molecular complexity index is 126. The van der Waals surface area contributed by atoms with Crippen LogP contribution in [-0.4, -0.2) is 9.85 Å². The normalized spacial score (nSPS) is 15.3. The Hall–Kier alpha value is 0.450. The molecule has 0 aromatic heterocycles. The molecule has 0 unspecified atom stereocenters. The number of hydrogen-bond acceptors (Lipinski definition) is 0. The number of halogens is 5. The molecule has 5 heteroatoms. The first-order valence-electron chi connectivity index (χ1n) is 2.94. The van der Waals surface area contributed by atoms with Gasteiger partial charge in [0.25, 0.3) is 5.92 Å². The zero-order chi connectivity index (χ0) is 9.50. The summed E-state index contributed by atoms with van der Waals surface area (Å²) in [6.45, 7) is 2.19. The number of rotatable bonds is 2. The molecule has 0 fully saturated rings. The van der Waals surface area contributed by atoms with E-state index in [2.05, 4.69) is 0 Å². The van der Waals surface area contributed by atoms with Crippen molar-refractivity contribution in [2.75, 3.05) is 0 Å². The molecule has 0 aromatic carbocycles. The third kappa shape index (κ3) is 2.19. The van der Waals surface area contributed by atoms with Crippen molar-refractivity contribution in [2.24, 2.45) is 5.41 Å². The van der Waals surface area contributed by atoms with Gasteiger partial charge in [-0.15, -0.1) is 0 Å². The van der Waals surface area contributed by atoms with Crippen LogP contribution in [-0.2, 0) is 0 Å². The zero-order valence-electron chi connectivity index (χ0n) is 6.39. The minimum Gasteiger partial charge on any atom is -0.206 e. The topological polar surface area (TPSA) is 0 Å². The predicted octanol–water partition coefficient (Wildman–Crippen LogP) is 3.70. The monoisotopic (exact) mass is 284 g/mol. The Morgan fingerprint density at radius 2 is 1.18 bits per heavy atom. The molecule has 0 saturated carbocycles. The van der Waals surface area contributed by atoms with E-state index in [1.54, 1.807) is 0 Å². The SMILES string of the molecule is CC(F)(F)C(C)(C)C(F)(F)I. The van der Waals surface area contributed by atoms with E-state index in [0.717, 1.165) is 36.4 Å². The second-order valence-electron chi connectivity index (χ2n) is 3.01. The Balaban J connectivity index is 4.75. The molecule has 0 radical (unpaired) electrons. The Labute approximate surface area is 76.5 Å². The van der Waals surface area contributed by atoms with Gasteiger partial charge in [0.05, 0.1) is 0 Å². The maximum absolute atomic E-state index is 12.5. The molecule has 0 N–H and O–H groups in total.